The van der Waals surface area contributed by atoms with Crippen LogP contribution in [0.25, 0.3) is 0 Å². The molecule has 2 saturated heterocycles. The van der Waals surface area contributed by atoms with Crippen molar-refractivity contribution in [1.29, 1.82) is 0 Å². The first-order valence-corrected chi connectivity index (χ1v) is 10.6. The van der Waals surface area contributed by atoms with E-state index in [1.165, 1.54) is 63.7 Å². The predicted molar refractivity (Wildman–Crippen MR) is 111 cm³/mol. The lowest BCUT2D eigenvalue weighted by molar-refractivity contribution is 0.331. The Morgan fingerprint density at radius 2 is 1.92 bits per heavy atom. The van der Waals surface area contributed by atoms with Crippen LogP contribution < -0.4 is 5.32 Å². The van der Waals surface area contributed by atoms with Gasteiger partial charge in [0, 0.05) is 26.2 Å². The molecule has 0 amide bonds. The molecule has 2 fully saturated rings. The third-order valence-corrected chi connectivity index (χ3v) is 5.63. The Kier molecular flexibility index (Phi) is 7.81. The Morgan fingerprint density at radius 1 is 1.12 bits per heavy atom. The van der Waals surface area contributed by atoms with Gasteiger partial charge in [-0.2, -0.15) is 0 Å². The van der Waals surface area contributed by atoms with Crippen LogP contribution in [0.15, 0.2) is 35.3 Å². The lowest BCUT2D eigenvalue weighted by Crippen LogP contribution is -2.40. The molecule has 2 heterocycles. The molecule has 0 aromatic heterocycles. The van der Waals surface area contributed by atoms with E-state index in [2.05, 4.69) is 52.4 Å². The van der Waals surface area contributed by atoms with Crippen molar-refractivity contribution in [3.63, 3.8) is 0 Å². The highest BCUT2D eigenvalue weighted by Crippen LogP contribution is 2.21. The molecule has 2 aliphatic heterocycles. The number of benzene rings is 1. The van der Waals surface area contributed by atoms with Crippen molar-refractivity contribution in [2.75, 3.05) is 45.8 Å². The van der Waals surface area contributed by atoms with Gasteiger partial charge in [0.1, 0.15) is 0 Å². The molecule has 2 aliphatic rings. The summed E-state index contributed by atoms with van der Waals surface area (Å²) >= 11 is 0. The molecule has 1 atom stereocenters. The summed E-state index contributed by atoms with van der Waals surface area (Å²) < 4.78 is 0. The highest BCUT2D eigenvalue weighted by molar-refractivity contribution is 5.80. The third kappa shape index (κ3) is 6.01. The van der Waals surface area contributed by atoms with Gasteiger partial charge in [0.2, 0.25) is 0 Å². The van der Waals surface area contributed by atoms with E-state index in [-0.39, 0.29) is 0 Å². The third-order valence-electron chi connectivity index (χ3n) is 5.63. The van der Waals surface area contributed by atoms with Crippen LogP contribution in [-0.2, 0) is 6.42 Å². The van der Waals surface area contributed by atoms with Gasteiger partial charge < -0.3 is 15.1 Å². The molecule has 0 aliphatic carbocycles. The molecule has 0 saturated carbocycles. The SMILES string of the molecule is CCNC(=NCCCCN1CCCC1)N1CCC(Cc2ccccc2)C1. The van der Waals surface area contributed by atoms with E-state index in [0.29, 0.717) is 0 Å². The van der Waals surface area contributed by atoms with E-state index in [0.717, 1.165) is 38.1 Å². The Hall–Kier alpha value is -1.55. The fraction of sp³-hybridized carbons (Fsp3) is 0.682. The minimum absolute atomic E-state index is 0.747. The number of nitrogens with zero attached hydrogens (tertiary/aromatic N) is 3. The largest absolute Gasteiger partial charge is 0.357 e. The van der Waals surface area contributed by atoms with Crippen molar-refractivity contribution in [3.8, 4) is 0 Å². The van der Waals surface area contributed by atoms with Crippen LogP contribution in [0.3, 0.4) is 0 Å². The lowest BCUT2D eigenvalue weighted by Gasteiger charge is -2.22. The number of likely N-dealkylation sites (tertiary alicyclic amines) is 2. The van der Waals surface area contributed by atoms with Gasteiger partial charge in [0.15, 0.2) is 5.96 Å². The average molecular weight is 357 g/mol. The lowest BCUT2D eigenvalue weighted by atomic mass is 9.99. The molecule has 4 nitrogen and oxygen atoms in total. The summed E-state index contributed by atoms with van der Waals surface area (Å²) in [6.45, 7) is 10.2. The summed E-state index contributed by atoms with van der Waals surface area (Å²) in [7, 11) is 0. The molecule has 4 heteroatoms. The summed E-state index contributed by atoms with van der Waals surface area (Å²) in [5.74, 6) is 1.88. The number of rotatable bonds is 8. The fourth-order valence-corrected chi connectivity index (χ4v) is 4.20. The number of nitrogens with one attached hydrogen (secondary N) is 1. The van der Waals surface area contributed by atoms with E-state index < -0.39 is 0 Å². The standard InChI is InChI=1S/C22H36N4/c1-2-23-22(24-13-6-7-14-25-15-8-9-16-25)26-17-12-21(19-26)18-20-10-4-3-5-11-20/h3-5,10-11,21H,2,6-9,12-19H2,1H3,(H,23,24). The van der Waals surface area contributed by atoms with Gasteiger partial charge in [-0.3, -0.25) is 4.99 Å². The number of hydrogen-bond donors (Lipinski definition) is 1. The zero-order chi connectivity index (χ0) is 18.0. The van der Waals surface area contributed by atoms with Gasteiger partial charge in [-0.05, 0) is 76.6 Å². The fourth-order valence-electron chi connectivity index (χ4n) is 4.20. The van der Waals surface area contributed by atoms with Gasteiger partial charge in [0.25, 0.3) is 0 Å². The number of unbranched alkanes of at least 4 members (excludes halogenated alkanes) is 1. The molecule has 1 N–H and O–H groups in total. The highest BCUT2D eigenvalue weighted by atomic mass is 15.3. The molecule has 1 unspecified atom stereocenters. The van der Waals surface area contributed by atoms with E-state index in [9.17, 15) is 0 Å². The molecule has 1 aromatic rings. The maximum Gasteiger partial charge on any atom is 0.193 e. The Labute approximate surface area is 159 Å². The molecular weight excluding hydrogens is 320 g/mol. The number of aliphatic imine (C=N–C) groups is 1. The molecule has 0 spiro atoms. The van der Waals surface area contributed by atoms with Crippen molar-refractivity contribution in [2.24, 2.45) is 10.9 Å². The van der Waals surface area contributed by atoms with Crippen LogP contribution in [0.4, 0.5) is 0 Å². The van der Waals surface area contributed by atoms with Gasteiger partial charge >= 0.3 is 0 Å². The summed E-state index contributed by atoms with van der Waals surface area (Å²) in [6, 6.07) is 10.9. The van der Waals surface area contributed by atoms with Crippen molar-refractivity contribution in [3.05, 3.63) is 35.9 Å². The van der Waals surface area contributed by atoms with Crippen molar-refractivity contribution < 1.29 is 0 Å². The minimum Gasteiger partial charge on any atom is -0.357 e. The molecule has 3 rings (SSSR count). The van der Waals surface area contributed by atoms with E-state index in [4.69, 9.17) is 4.99 Å². The van der Waals surface area contributed by atoms with Gasteiger partial charge in [0.05, 0.1) is 0 Å². The topological polar surface area (TPSA) is 30.9 Å². The van der Waals surface area contributed by atoms with E-state index in [1.807, 2.05) is 0 Å². The molecule has 26 heavy (non-hydrogen) atoms. The minimum atomic E-state index is 0.747. The second-order valence-corrected chi connectivity index (χ2v) is 7.78. The first-order valence-electron chi connectivity index (χ1n) is 10.6. The Morgan fingerprint density at radius 3 is 2.69 bits per heavy atom. The van der Waals surface area contributed by atoms with Gasteiger partial charge in [-0.1, -0.05) is 30.3 Å². The molecule has 1 aromatic carbocycles. The van der Waals surface area contributed by atoms with Crippen molar-refractivity contribution in [1.82, 2.24) is 15.1 Å². The zero-order valence-electron chi connectivity index (χ0n) is 16.5. The van der Waals surface area contributed by atoms with Crippen molar-refractivity contribution in [2.45, 2.75) is 45.4 Å². The smallest absolute Gasteiger partial charge is 0.193 e. The van der Waals surface area contributed by atoms with Crippen LogP contribution in [0.5, 0.6) is 0 Å². The highest BCUT2D eigenvalue weighted by Gasteiger charge is 2.24. The Bertz CT molecular complexity index is 536. The summed E-state index contributed by atoms with van der Waals surface area (Å²) in [6.07, 6.45) is 7.72. The zero-order valence-corrected chi connectivity index (χ0v) is 16.5. The number of hydrogen-bond acceptors (Lipinski definition) is 2. The average Bonchev–Trinajstić information content (AvgIpc) is 3.33. The maximum atomic E-state index is 4.91. The monoisotopic (exact) mass is 356 g/mol. The van der Waals surface area contributed by atoms with E-state index >= 15 is 0 Å². The first kappa shape index (κ1) is 19.2. The predicted octanol–water partition coefficient (Wildman–Crippen LogP) is 3.39. The second-order valence-electron chi connectivity index (χ2n) is 7.78. The molecule has 144 valence electrons. The van der Waals surface area contributed by atoms with Crippen LogP contribution in [0, 0.1) is 5.92 Å². The van der Waals surface area contributed by atoms with Crippen LogP contribution >= 0.6 is 0 Å². The Balaban J connectivity index is 1.41. The maximum absolute atomic E-state index is 4.91. The van der Waals surface area contributed by atoms with Crippen LogP contribution in [0.2, 0.25) is 0 Å². The number of guanidine groups is 1. The van der Waals surface area contributed by atoms with Gasteiger partial charge in [-0.15, -0.1) is 0 Å². The van der Waals surface area contributed by atoms with Crippen LogP contribution in [-0.4, -0.2) is 61.6 Å². The molecule has 0 bridgehead atoms. The summed E-state index contributed by atoms with van der Waals surface area (Å²) in [4.78, 5) is 9.98. The summed E-state index contributed by atoms with van der Waals surface area (Å²) in [5.41, 5.74) is 1.46. The first-order chi connectivity index (χ1) is 12.8. The molecule has 0 radical (unpaired) electrons. The van der Waals surface area contributed by atoms with Gasteiger partial charge in [-0.25, -0.2) is 0 Å². The second kappa shape index (κ2) is 10.6. The van der Waals surface area contributed by atoms with Crippen molar-refractivity contribution >= 4 is 5.96 Å². The van der Waals surface area contributed by atoms with Crippen LogP contribution in [0.1, 0.15) is 44.6 Å². The summed E-state index contributed by atoms with van der Waals surface area (Å²) in [5, 5.41) is 3.51. The quantitative estimate of drug-likeness (QED) is 0.440. The normalized spacial score (nSPS) is 21.5. The molecular formula is C22H36N4. The van der Waals surface area contributed by atoms with E-state index in [1.54, 1.807) is 0 Å².